The molecule has 0 spiro atoms. The second kappa shape index (κ2) is 47.7. The number of carbonyl (C=O) groups excluding carboxylic acids is 12. The van der Waals surface area contributed by atoms with E-state index >= 15 is 0 Å². The number of aliphatic hydroxyl groups excluding tert-OH is 1. The fraction of sp³-hybridized carbons (Fsp3) is 0.322. The number of rotatable bonds is 34. The molecule has 123 heavy (non-hydrogen) atoms. The molecule has 2 saturated heterocycles. The van der Waals surface area contributed by atoms with Crippen LogP contribution in [0.2, 0.25) is 0 Å². The third-order valence-electron chi connectivity index (χ3n) is 17.8. The Morgan fingerprint density at radius 2 is 0.561 bits per heavy atom. The number of esters is 2. The largest absolute Gasteiger partial charge is 0.463 e. The molecule has 2 heterocycles. The lowest BCUT2D eigenvalue weighted by molar-refractivity contribution is -0.152. The molecule has 0 bridgehead atoms. The smallest absolute Gasteiger partial charge is 0.422 e. The highest BCUT2D eigenvalue weighted by Crippen LogP contribution is 2.28. The van der Waals surface area contributed by atoms with Gasteiger partial charge < -0.3 is 61.9 Å². The van der Waals surface area contributed by atoms with Crippen molar-refractivity contribution in [2.75, 3.05) is 87.9 Å². The summed E-state index contributed by atoms with van der Waals surface area (Å²) in [6, 6.07) is 57.5. The van der Waals surface area contributed by atoms with Crippen LogP contribution in [-0.2, 0) is 102 Å². The molecule has 8 aromatic rings. The van der Waals surface area contributed by atoms with Gasteiger partial charge >= 0.3 is 60.7 Å². The summed E-state index contributed by atoms with van der Waals surface area (Å²) >= 11 is 0. The van der Waals surface area contributed by atoms with Crippen molar-refractivity contribution in [3.8, 4) is 0 Å². The summed E-state index contributed by atoms with van der Waals surface area (Å²) in [5.41, 5.74) is 11.9. The van der Waals surface area contributed by atoms with E-state index in [0.717, 1.165) is 54.3 Å². The molecule has 8 atom stereocenters. The lowest BCUT2D eigenvalue weighted by Crippen LogP contribution is -2.30. The van der Waals surface area contributed by atoms with Crippen LogP contribution in [0.15, 0.2) is 194 Å². The molecule has 33 nitrogen and oxygen atoms in total. The maximum atomic E-state index is 12.5. The monoisotopic (exact) mass is 1690 g/mol. The van der Waals surface area contributed by atoms with Crippen molar-refractivity contribution >= 4 is 118 Å². The Bertz CT molecular complexity index is 4850. The fourth-order valence-electron chi connectivity index (χ4n) is 11.6. The number of hydrogen-bond acceptors (Lipinski definition) is 25. The molecule has 7 N–H and O–H groups in total. The number of cyclic esters (lactones) is 2. The maximum Gasteiger partial charge on any atom is 0.422 e. The van der Waals surface area contributed by atoms with Crippen LogP contribution in [0, 0.1) is 6.92 Å². The van der Waals surface area contributed by atoms with Crippen LogP contribution >= 0.6 is 0 Å². The normalized spacial score (nSPS) is 14.7. The number of imide groups is 2. The van der Waals surface area contributed by atoms with Gasteiger partial charge in [0, 0.05) is 34.1 Å². The van der Waals surface area contributed by atoms with Crippen LogP contribution in [0.4, 0.5) is 83.9 Å². The summed E-state index contributed by atoms with van der Waals surface area (Å²) in [6.07, 6.45) is -8.89. The molecule has 8 unspecified atom stereocenters. The van der Waals surface area contributed by atoms with Crippen molar-refractivity contribution in [2.24, 2.45) is 0 Å². The first-order valence-corrected chi connectivity index (χ1v) is 39.5. The number of amides is 10. The molecule has 10 amide bonds. The SMILES string of the molecule is CC(COC(=O)Nc1ccc(Cc2ccc(N3C(=O)OC(C)C3=O)cc2)cc1)OCC(C)OC(=O)Nc1ccc(Cc2ccc(N3C(=O)OC(C)C3=O)cc2)cc1.CCOC(=O)C(C)OC(=O)Nc1ccc(Cc2ccc(NC(=O)OCC(C)OCC(C)OC(=O)Nc3ccc(Cc4ccc(NC(=O)OC(C)C(=O)OCC)cc4)cc3)cc2)cc1.[CH2+]CO. The molecule has 2 aliphatic rings. The van der Waals surface area contributed by atoms with Crippen LogP contribution in [0.3, 0.4) is 0 Å². The van der Waals surface area contributed by atoms with E-state index in [9.17, 15) is 57.5 Å². The highest BCUT2D eigenvalue weighted by molar-refractivity contribution is 6.18. The second-order valence-electron chi connectivity index (χ2n) is 28.1. The second-order valence-corrected chi connectivity index (χ2v) is 28.1. The highest BCUT2D eigenvalue weighted by atomic mass is 16.6. The van der Waals surface area contributed by atoms with Crippen LogP contribution in [-0.4, -0.2) is 173 Å². The van der Waals surface area contributed by atoms with E-state index in [1.165, 1.54) is 27.7 Å². The summed E-state index contributed by atoms with van der Waals surface area (Å²) in [5.74, 6) is -2.04. The molecule has 8 aromatic carbocycles. The van der Waals surface area contributed by atoms with E-state index in [4.69, 9.17) is 61.9 Å². The van der Waals surface area contributed by atoms with E-state index in [1.807, 2.05) is 97.1 Å². The van der Waals surface area contributed by atoms with Crippen molar-refractivity contribution in [1.29, 1.82) is 0 Å². The first kappa shape index (κ1) is 94.4. The molecule has 10 rings (SSSR count). The molecular formula is C90H101N8O25+. The molecule has 0 radical (unpaired) electrons. The lowest BCUT2D eigenvalue weighted by atomic mass is 10.0. The molecule has 0 aliphatic carbocycles. The Morgan fingerprint density at radius 1 is 0.341 bits per heavy atom. The van der Waals surface area contributed by atoms with Gasteiger partial charge in [-0.3, -0.25) is 41.5 Å². The number of ether oxygens (including phenoxy) is 12. The van der Waals surface area contributed by atoms with E-state index in [1.54, 1.807) is 139 Å². The van der Waals surface area contributed by atoms with Gasteiger partial charge in [-0.2, -0.15) is 0 Å². The van der Waals surface area contributed by atoms with Crippen LogP contribution in [0.1, 0.15) is 114 Å². The predicted octanol–water partition coefficient (Wildman–Crippen LogP) is 15.5. The molecule has 0 aromatic heterocycles. The van der Waals surface area contributed by atoms with E-state index in [2.05, 4.69) is 38.8 Å². The van der Waals surface area contributed by atoms with Gasteiger partial charge in [0.25, 0.3) is 11.8 Å². The van der Waals surface area contributed by atoms with Crippen LogP contribution in [0.25, 0.3) is 0 Å². The molecule has 33 heteroatoms. The molecule has 2 fully saturated rings. The molecule has 0 saturated carbocycles. The van der Waals surface area contributed by atoms with Crippen molar-refractivity contribution in [3.05, 3.63) is 246 Å². The molecular weight excluding hydrogens is 1590 g/mol. The number of benzene rings is 8. The molecule has 650 valence electrons. The molecule has 2 aliphatic heterocycles. The minimum absolute atomic E-state index is 0. The summed E-state index contributed by atoms with van der Waals surface area (Å²) in [7, 11) is 0. The van der Waals surface area contributed by atoms with Crippen molar-refractivity contribution in [2.45, 2.75) is 144 Å². The Labute approximate surface area is 711 Å². The minimum Gasteiger partial charge on any atom is -0.463 e. The van der Waals surface area contributed by atoms with Gasteiger partial charge in [0.05, 0.1) is 56.9 Å². The number of aliphatic hydroxyl groups is 1. The number of hydrogen-bond donors (Lipinski definition) is 7. The Kier molecular flexibility index (Phi) is 36.6. The van der Waals surface area contributed by atoms with Gasteiger partial charge in [-0.25, -0.2) is 57.7 Å². The fourth-order valence-corrected chi connectivity index (χ4v) is 11.6. The number of nitrogens with zero attached hydrogens (tertiary/aromatic N) is 2. The quantitative estimate of drug-likeness (QED) is 0.0112. The average molecular weight is 1690 g/mol. The van der Waals surface area contributed by atoms with Gasteiger partial charge in [-0.1, -0.05) is 97.1 Å². The Morgan fingerprint density at radius 3 is 0.780 bits per heavy atom. The zero-order valence-electron chi connectivity index (χ0n) is 69.7. The topological polar surface area (TPSA) is 414 Å². The maximum absolute atomic E-state index is 12.5. The first-order valence-electron chi connectivity index (χ1n) is 39.5. The minimum atomic E-state index is -1.03. The van der Waals surface area contributed by atoms with Gasteiger partial charge in [-0.05, 0) is 236 Å². The van der Waals surface area contributed by atoms with E-state index in [0.29, 0.717) is 71.2 Å². The predicted molar refractivity (Wildman–Crippen MR) is 454 cm³/mol. The van der Waals surface area contributed by atoms with Gasteiger partial charge in [0.2, 0.25) is 0 Å². The van der Waals surface area contributed by atoms with Crippen molar-refractivity contribution < 1.29 is 119 Å². The average Bonchev–Trinajstić information content (AvgIpc) is 1.68. The van der Waals surface area contributed by atoms with Gasteiger partial charge in [0.15, 0.2) is 31.0 Å². The Hall–Kier alpha value is -14.1. The van der Waals surface area contributed by atoms with Crippen LogP contribution < -0.4 is 41.7 Å². The van der Waals surface area contributed by atoms with Crippen molar-refractivity contribution in [1.82, 2.24) is 0 Å². The summed E-state index contributed by atoms with van der Waals surface area (Å²) in [5, 5.41) is 23.4. The highest BCUT2D eigenvalue weighted by Gasteiger charge is 2.40. The third kappa shape index (κ3) is 31.6. The van der Waals surface area contributed by atoms with Crippen LogP contribution in [0.5, 0.6) is 0 Å². The number of carbonyl (C=O) groups is 12. The van der Waals surface area contributed by atoms with E-state index in [-0.39, 0.29) is 46.2 Å². The number of anilines is 8. The zero-order valence-corrected chi connectivity index (χ0v) is 69.7. The van der Waals surface area contributed by atoms with Gasteiger partial charge in [0.1, 0.15) is 25.4 Å². The third-order valence-corrected chi connectivity index (χ3v) is 17.8. The van der Waals surface area contributed by atoms with Gasteiger partial charge in [-0.15, -0.1) is 0 Å². The summed E-state index contributed by atoms with van der Waals surface area (Å²) < 4.78 is 62.5. The lowest BCUT2D eigenvalue weighted by Gasteiger charge is -2.18. The summed E-state index contributed by atoms with van der Waals surface area (Å²) in [4.78, 5) is 148. The van der Waals surface area contributed by atoms with E-state index < -0.39 is 121 Å². The Balaban J connectivity index is 0.000000297. The van der Waals surface area contributed by atoms with Crippen molar-refractivity contribution in [3.63, 3.8) is 0 Å². The standard InChI is InChI=1S/C46H54N4O13.C42H42N4O11.C2H5O/c1-7-57-41(51)31(5)62-45(55)49-39-21-13-35(14-22-39)25-33-9-17-37(18-10-33)47-43(53)60-27-29(3)59-28-30(4)61-44(54)48-38-19-11-34(12-20-38)26-36-15-23-40(24-16-36)50-46(56)63-32(6)42(52)58-8-2;1-25(23-54-39(49)43-33-13-5-29(6-14-33)21-31-9-17-35(18-10-31)45-37(47)27(3)56-41(45)51)53-24-26(2)55-40(50)44-34-15-7-30(8-16-34)22-32-11-19-36(20-12-32)46-38(48)28(4)57-42(46)52;1-2-3/h9-24,29-32H,7-8,25-28H2,1-6H3,(H,47,53)(H,48,54)(H,49,55)(H,50,56);5-20,25-28H,21-24H2,1-4H3,(H,43,49)(H,44,50);3H,1-2H2/q;;+1. The number of nitrogens with one attached hydrogen (secondary N) is 6. The zero-order chi connectivity index (χ0) is 89.1. The first-order chi connectivity index (χ1) is 58.9. The summed E-state index contributed by atoms with van der Waals surface area (Å²) in [6.45, 7) is 19.6.